The van der Waals surface area contributed by atoms with Crippen LogP contribution < -0.4 is 5.32 Å². The first-order chi connectivity index (χ1) is 9.00. The average Bonchev–Trinajstić information content (AvgIpc) is 2.34. The van der Waals surface area contributed by atoms with Gasteiger partial charge in [-0.1, -0.05) is 0 Å². The number of nitrogens with one attached hydrogen (secondary N) is 2. The molecule has 0 saturated heterocycles. The fourth-order valence-corrected chi connectivity index (χ4v) is 2.13. The van der Waals surface area contributed by atoms with E-state index in [0.717, 1.165) is 27.7 Å². The molecule has 0 aliphatic rings. The molecule has 3 N–H and O–H groups in total. The summed E-state index contributed by atoms with van der Waals surface area (Å²) in [6, 6.07) is 3.80. The molecule has 5 heteroatoms. The van der Waals surface area contributed by atoms with Crippen LogP contribution in [0.5, 0.6) is 5.75 Å². The maximum absolute atomic E-state index is 10.2. The number of anilines is 1. The van der Waals surface area contributed by atoms with Gasteiger partial charge >= 0.3 is 0 Å². The second-order valence-corrected chi connectivity index (χ2v) is 4.90. The van der Waals surface area contributed by atoms with E-state index < -0.39 is 0 Å². The standard InChI is InChI=1S/C15H19N3O.Ar/c1-9-4-6-18-14-12(17-7-5-11(3)16)8-10(2)15(19)13(9)14;/h4,6,8,16-17,19H,5,7H2,1-3H3;. The minimum atomic E-state index is 0. The van der Waals surface area contributed by atoms with Gasteiger partial charge in [-0.3, -0.25) is 4.98 Å². The summed E-state index contributed by atoms with van der Waals surface area (Å²) in [6.45, 7) is 6.34. The summed E-state index contributed by atoms with van der Waals surface area (Å²) >= 11 is 0. The van der Waals surface area contributed by atoms with Gasteiger partial charge in [-0.2, -0.15) is 0 Å². The van der Waals surface area contributed by atoms with E-state index >= 15 is 0 Å². The first kappa shape index (κ1) is 17.2. The van der Waals surface area contributed by atoms with Gasteiger partial charge in [0.05, 0.1) is 11.2 Å². The zero-order valence-electron chi connectivity index (χ0n) is 11.9. The summed E-state index contributed by atoms with van der Waals surface area (Å²) in [6.07, 6.45) is 2.45. The van der Waals surface area contributed by atoms with Crippen molar-refractivity contribution in [2.24, 2.45) is 0 Å². The van der Waals surface area contributed by atoms with Crippen LogP contribution in [0, 0.1) is 57.0 Å². The molecule has 2 rings (SSSR count). The molecule has 0 unspecified atom stereocenters. The number of benzene rings is 1. The fraction of sp³-hybridized carbons (Fsp3) is 0.333. The predicted octanol–water partition coefficient (Wildman–Crippen LogP) is 3.40. The number of hydrogen-bond donors (Lipinski definition) is 3. The van der Waals surface area contributed by atoms with Gasteiger partial charge < -0.3 is 15.8 Å². The van der Waals surface area contributed by atoms with E-state index in [-0.39, 0.29) is 37.7 Å². The molecule has 2 aromatic rings. The smallest absolute Gasteiger partial charge is 0.128 e. The third-order valence-corrected chi connectivity index (χ3v) is 3.20. The van der Waals surface area contributed by atoms with E-state index in [1.165, 1.54) is 0 Å². The monoisotopic (exact) mass is 297 g/mol. The molecule has 1 aromatic heterocycles. The van der Waals surface area contributed by atoms with Crippen molar-refractivity contribution in [2.75, 3.05) is 11.9 Å². The van der Waals surface area contributed by atoms with Gasteiger partial charge in [0.15, 0.2) is 0 Å². The van der Waals surface area contributed by atoms with Crippen molar-refractivity contribution >= 4 is 22.3 Å². The summed E-state index contributed by atoms with van der Waals surface area (Å²) in [4.78, 5) is 4.37. The summed E-state index contributed by atoms with van der Waals surface area (Å²) in [7, 11) is 0. The third kappa shape index (κ3) is 3.62. The topological polar surface area (TPSA) is 69.0 Å². The van der Waals surface area contributed by atoms with E-state index in [4.69, 9.17) is 5.41 Å². The quantitative estimate of drug-likeness (QED) is 0.598. The molecule has 4 nitrogen and oxygen atoms in total. The number of phenols is 1. The Morgan fingerprint density at radius 2 is 2.05 bits per heavy atom. The van der Waals surface area contributed by atoms with Crippen LogP contribution in [0.1, 0.15) is 24.5 Å². The van der Waals surface area contributed by atoms with E-state index in [0.29, 0.717) is 24.4 Å². The van der Waals surface area contributed by atoms with Crippen LogP contribution in [0.3, 0.4) is 0 Å². The Labute approximate surface area is 149 Å². The van der Waals surface area contributed by atoms with Crippen molar-refractivity contribution in [3.8, 4) is 5.75 Å². The number of pyridine rings is 1. The summed E-state index contributed by atoms with van der Waals surface area (Å²) in [5, 5.41) is 21.7. The molecule has 108 valence electrons. The third-order valence-electron chi connectivity index (χ3n) is 3.20. The van der Waals surface area contributed by atoms with Crippen LogP contribution in [0.2, 0.25) is 0 Å². The molecule has 0 bridgehead atoms. The van der Waals surface area contributed by atoms with Crippen molar-refractivity contribution in [3.05, 3.63) is 29.5 Å². The molecular weight excluding hydrogens is 278 g/mol. The van der Waals surface area contributed by atoms with Crippen molar-refractivity contribution in [1.29, 1.82) is 5.41 Å². The van der Waals surface area contributed by atoms with Crippen LogP contribution >= 0.6 is 0 Å². The molecule has 1 heterocycles. The second kappa shape index (κ2) is 7.25. The van der Waals surface area contributed by atoms with Crippen LogP contribution in [0.4, 0.5) is 5.69 Å². The van der Waals surface area contributed by atoms with Crippen molar-refractivity contribution in [2.45, 2.75) is 27.2 Å². The largest absolute Gasteiger partial charge is 0.507 e. The van der Waals surface area contributed by atoms with Gasteiger partial charge in [-0.05, 0) is 44.0 Å². The Hall–Kier alpha value is -0.840. The van der Waals surface area contributed by atoms with E-state index in [2.05, 4.69) is 10.3 Å². The summed E-state index contributed by atoms with van der Waals surface area (Å²) in [5.74, 6) is 0.300. The Kier molecular flexibility index (Phi) is 6.24. The Balaban J connectivity index is 0.00000200. The molecule has 1 aromatic carbocycles. The van der Waals surface area contributed by atoms with Crippen molar-refractivity contribution in [1.82, 2.24) is 4.98 Å². The SMILES string of the molecule is CC(=N)CCNc1cc(C)c(O)c2c(C)ccnc12.[Ar]. The summed E-state index contributed by atoms with van der Waals surface area (Å²) < 4.78 is 0. The number of aromatic hydroxyl groups is 1. The first-order valence-electron chi connectivity index (χ1n) is 6.36. The minimum absolute atomic E-state index is 0. The second-order valence-electron chi connectivity index (χ2n) is 4.90. The number of nitrogens with zero attached hydrogens (tertiary/aromatic N) is 1. The zero-order valence-corrected chi connectivity index (χ0v) is 12.6. The predicted molar refractivity (Wildman–Crippen MR) is 79.4 cm³/mol. The summed E-state index contributed by atoms with van der Waals surface area (Å²) in [5.41, 5.74) is 4.19. The first-order valence-corrected chi connectivity index (χ1v) is 6.36. The van der Waals surface area contributed by atoms with Crippen LogP contribution in [-0.4, -0.2) is 22.3 Å². The Morgan fingerprint density at radius 3 is 2.70 bits per heavy atom. The molecule has 20 heavy (non-hydrogen) atoms. The Morgan fingerprint density at radius 1 is 1.35 bits per heavy atom. The van der Waals surface area contributed by atoms with Crippen molar-refractivity contribution < 1.29 is 42.8 Å². The molecule has 0 saturated carbocycles. The van der Waals surface area contributed by atoms with Gasteiger partial charge in [-0.25, -0.2) is 0 Å². The molecule has 0 spiro atoms. The van der Waals surface area contributed by atoms with Crippen molar-refractivity contribution in [3.63, 3.8) is 0 Å². The normalized spacial score (nSPS) is 10.2. The van der Waals surface area contributed by atoms with Gasteiger partial charge in [0, 0.05) is 68.0 Å². The van der Waals surface area contributed by atoms with Gasteiger partial charge in [0.1, 0.15) is 5.75 Å². The van der Waals surface area contributed by atoms with Gasteiger partial charge in [0.25, 0.3) is 0 Å². The number of hydrogen-bond acceptors (Lipinski definition) is 4. The number of aryl methyl sites for hydroxylation is 2. The van der Waals surface area contributed by atoms with Gasteiger partial charge in [0.2, 0.25) is 0 Å². The number of rotatable bonds is 4. The van der Waals surface area contributed by atoms with Gasteiger partial charge in [-0.15, -0.1) is 0 Å². The zero-order chi connectivity index (χ0) is 14.0. The van der Waals surface area contributed by atoms with E-state index in [1.54, 1.807) is 13.1 Å². The van der Waals surface area contributed by atoms with E-state index in [1.807, 2.05) is 26.0 Å². The maximum atomic E-state index is 10.2. The Bertz CT molecular complexity index is 641. The van der Waals surface area contributed by atoms with Crippen LogP contribution in [0.25, 0.3) is 10.9 Å². The maximum Gasteiger partial charge on any atom is 0.128 e. The van der Waals surface area contributed by atoms with E-state index in [9.17, 15) is 5.11 Å². The molecular formula is C15H19ArN3O. The van der Waals surface area contributed by atoms with Crippen LogP contribution in [0.15, 0.2) is 18.3 Å². The molecule has 0 fully saturated rings. The average molecular weight is 297 g/mol. The van der Waals surface area contributed by atoms with Crippen LogP contribution in [-0.2, 0) is 0 Å². The minimum Gasteiger partial charge on any atom is -0.507 e. The molecule has 0 aliphatic carbocycles. The molecule has 0 radical (unpaired) electrons. The molecule has 0 aliphatic heterocycles. The number of phenolic OH excluding ortho intramolecular Hbond substituents is 1. The molecule has 0 atom stereocenters. The molecule has 0 amide bonds. The fourth-order valence-electron chi connectivity index (χ4n) is 2.13. The number of aromatic nitrogens is 1. The number of fused-ring (bicyclic) bond motifs is 1.